The van der Waals surface area contributed by atoms with E-state index in [1.807, 2.05) is 0 Å². The Balaban J connectivity index is 3.04. The highest BCUT2D eigenvalue weighted by Gasteiger charge is 2.13. The third-order valence-corrected chi connectivity index (χ3v) is 1.39. The molecule has 0 atom stereocenters. The molecule has 0 radical (unpaired) electrons. The number of halogens is 2. The fourth-order valence-electron chi connectivity index (χ4n) is 0.867. The van der Waals surface area contributed by atoms with Crippen molar-refractivity contribution in [3.05, 3.63) is 23.8 Å². The molecule has 0 aliphatic carbocycles. The Hall–Kier alpha value is -1.32. The summed E-state index contributed by atoms with van der Waals surface area (Å²) >= 11 is 0. The topological polar surface area (TPSA) is 29.5 Å². The van der Waals surface area contributed by atoms with E-state index in [0.717, 1.165) is 12.1 Å². The van der Waals surface area contributed by atoms with Crippen LogP contribution in [0.5, 0.6) is 11.5 Å². The second-order valence-electron chi connectivity index (χ2n) is 2.87. The molecule has 0 fully saturated rings. The number of aromatic hydroxyl groups is 1. The zero-order valence-corrected chi connectivity index (χ0v) is 7.34. The van der Waals surface area contributed by atoms with Crippen LogP contribution in [0, 0.1) is 11.6 Å². The van der Waals surface area contributed by atoms with Gasteiger partial charge in [-0.05, 0) is 26.0 Å². The number of hydrogen-bond acceptors (Lipinski definition) is 2. The van der Waals surface area contributed by atoms with E-state index >= 15 is 0 Å². The van der Waals surface area contributed by atoms with Gasteiger partial charge in [0, 0.05) is 0 Å². The molecule has 0 aliphatic heterocycles. The van der Waals surface area contributed by atoms with E-state index in [-0.39, 0.29) is 11.9 Å². The van der Waals surface area contributed by atoms with E-state index < -0.39 is 17.4 Å². The Morgan fingerprint density at radius 1 is 1.31 bits per heavy atom. The molecule has 1 rings (SSSR count). The molecule has 2 nitrogen and oxygen atoms in total. The maximum atomic E-state index is 13.0. The lowest BCUT2D eigenvalue weighted by Crippen LogP contribution is -2.07. The Bertz CT molecular complexity index is 311. The summed E-state index contributed by atoms with van der Waals surface area (Å²) < 4.78 is 30.5. The molecule has 0 amide bonds. The van der Waals surface area contributed by atoms with Gasteiger partial charge in [0.05, 0.1) is 6.10 Å². The molecule has 0 spiro atoms. The van der Waals surface area contributed by atoms with Crippen LogP contribution in [0.4, 0.5) is 8.78 Å². The van der Waals surface area contributed by atoms with Crippen LogP contribution in [0.3, 0.4) is 0 Å². The average molecular weight is 188 g/mol. The first kappa shape index (κ1) is 9.77. The Morgan fingerprint density at radius 2 is 1.92 bits per heavy atom. The van der Waals surface area contributed by atoms with Crippen molar-refractivity contribution in [1.29, 1.82) is 0 Å². The standard InChI is InChI=1S/C9H10F2O2/c1-5(2)13-7-4-3-6(10)9(12)8(7)11/h3-5,12H,1-2H3. The van der Waals surface area contributed by atoms with E-state index in [1.165, 1.54) is 0 Å². The zero-order valence-electron chi connectivity index (χ0n) is 7.34. The molecule has 1 N–H and O–H groups in total. The Labute approximate surface area is 74.8 Å². The summed E-state index contributed by atoms with van der Waals surface area (Å²) in [6.07, 6.45) is -0.223. The highest BCUT2D eigenvalue weighted by Crippen LogP contribution is 2.28. The normalized spacial score (nSPS) is 10.5. The summed E-state index contributed by atoms with van der Waals surface area (Å²) in [5, 5.41) is 8.87. The smallest absolute Gasteiger partial charge is 0.209 e. The van der Waals surface area contributed by atoms with Gasteiger partial charge in [-0.15, -0.1) is 0 Å². The molecule has 13 heavy (non-hydrogen) atoms. The van der Waals surface area contributed by atoms with Crippen molar-refractivity contribution in [1.82, 2.24) is 0 Å². The lowest BCUT2D eigenvalue weighted by molar-refractivity contribution is 0.226. The number of ether oxygens (including phenoxy) is 1. The number of phenolic OH excluding ortho intramolecular Hbond substituents is 1. The molecule has 1 aromatic carbocycles. The van der Waals surface area contributed by atoms with Gasteiger partial charge in [-0.2, -0.15) is 4.39 Å². The molecule has 1 aromatic rings. The summed E-state index contributed by atoms with van der Waals surface area (Å²) in [6.45, 7) is 3.42. The largest absolute Gasteiger partial charge is 0.503 e. The molecule has 0 bridgehead atoms. The van der Waals surface area contributed by atoms with Gasteiger partial charge in [-0.1, -0.05) is 0 Å². The fraction of sp³-hybridized carbons (Fsp3) is 0.333. The highest BCUT2D eigenvalue weighted by molar-refractivity contribution is 5.35. The second-order valence-corrected chi connectivity index (χ2v) is 2.87. The molecule has 0 unspecified atom stereocenters. The van der Waals surface area contributed by atoms with Gasteiger partial charge in [-0.3, -0.25) is 0 Å². The van der Waals surface area contributed by atoms with Gasteiger partial charge in [0.2, 0.25) is 5.82 Å². The van der Waals surface area contributed by atoms with E-state index in [9.17, 15) is 8.78 Å². The van der Waals surface area contributed by atoms with Crippen LogP contribution in [0.1, 0.15) is 13.8 Å². The molecule has 4 heteroatoms. The molecule has 0 saturated carbocycles. The number of rotatable bonds is 2. The van der Waals surface area contributed by atoms with Crippen molar-refractivity contribution < 1.29 is 18.6 Å². The van der Waals surface area contributed by atoms with E-state index in [4.69, 9.17) is 9.84 Å². The lowest BCUT2D eigenvalue weighted by Gasteiger charge is -2.10. The van der Waals surface area contributed by atoms with Gasteiger partial charge in [0.25, 0.3) is 0 Å². The Kier molecular flexibility index (Phi) is 2.70. The number of phenols is 1. The van der Waals surface area contributed by atoms with E-state index in [2.05, 4.69) is 0 Å². The first-order valence-corrected chi connectivity index (χ1v) is 3.86. The van der Waals surface area contributed by atoms with Crippen LogP contribution in [-0.4, -0.2) is 11.2 Å². The summed E-state index contributed by atoms with van der Waals surface area (Å²) in [5.41, 5.74) is 0. The van der Waals surface area contributed by atoms with Gasteiger partial charge in [0.15, 0.2) is 17.3 Å². The molecule has 0 saturated heterocycles. The highest BCUT2D eigenvalue weighted by atomic mass is 19.1. The van der Waals surface area contributed by atoms with Gasteiger partial charge >= 0.3 is 0 Å². The van der Waals surface area contributed by atoms with Crippen molar-refractivity contribution in [3.63, 3.8) is 0 Å². The van der Waals surface area contributed by atoms with Gasteiger partial charge in [-0.25, -0.2) is 4.39 Å². The van der Waals surface area contributed by atoms with Crippen LogP contribution >= 0.6 is 0 Å². The monoisotopic (exact) mass is 188 g/mol. The summed E-state index contributed by atoms with van der Waals surface area (Å²) in [4.78, 5) is 0. The van der Waals surface area contributed by atoms with Crippen molar-refractivity contribution in [2.45, 2.75) is 20.0 Å². The first-order chi connectivity index (χ1) is 6.02. The molecule has 0 aromatic heterocycles. The van der Waals surface area contributed by atoms with Crippen molar-refractivity contribution in [2.75, 3.05) is 0 Å². The predicted octanol–water partition coefficient (Wildman–Crippen LogP) is 2.46. The van der Waals surface area contributed by atoms with E-state index in [0.29, 0.717) is 0 Å². The fourth-order valence-corrected chi connectivity index (χ4v) is 0.867. The van der Waals surface area contributed by atoms with Crippen LogP contribution in [0.15, 0.2) is 12.1 Å². The zero-order chi connectivity index (χ0) is 10.0. The quantitative estimate of drug-likeness (QED) is 0.772. The lowest BCUT2D eigenvalue weighted by atomic mass is 10.3. The second kappa shape index (κ2) is 3.60. The minimum atomic E-state index is -1.06. The van der Waals surface area contributed by atoms with Crippen LogP contribution < -0.4 is 4.74 Å². The minimum Gasteiger partial charge on any atom is -0.503 e. The predicted molar refractivity (Wildman–Crippen MR) is 43.8 cm³/mol. The summed E-state index contributed by atoms with van der Waals surface area (Å²) in [5.74, 6) is -3.20. The summed E-state index contributed by atoms with van der Waals surface area (Å²) in [6, 6.07) is 2.10. The molecule has 0 heterocycles. The molecule has 0 aliphatic rings. The van der Waals surface area contributed by atoms with Crippen molar-refractivity contribution in [2.24, 2.45) is 0 Å². The maximum absolute atomic E-state index is 13.0. The SMILES string of the molecule is CC(C)Oc1ccc(F)c(O)c1F. The number of benzene rings is 1. The van der Waals surface area contributed by atoms with E-state index in [1.54, 1.807) is 13.8 Å². The summed E-state index contributed by atoms with van der Waals surface area (Å²) in [7, 11) is 0. The van der Waals surface area contributed by atoms with Crippen molar-refractivity contribution >= 4 is 0 Å². The average Bonchev–Trinajstić information content (AvgIpc) is 2.06. The van der Waals surface area contributed by atoms with Gasteiger partial charge in [0.1, 0.15) is 0 Å². The third-order valence-electron chi connectivity index (χ3n) is 1.39. The Morgan fingerprint density at radius 3 is 2.46 bits per heavy atom. The molecule has 72 valence electrons. The van der Waals surface area contributed by atoms with Crippen LogP contribution in [0.2, 0.25) is 0 Å². The maximum Gasteiger partial charge on any atom is 0.209 e. The van der Waals surface area contributed by atoms with Crippen molar-refractivity contribution in [3.8, 4) is 11.5 Å². The minimum absolute atomic E-state index is 0.145. The van der Waals surface area contributed by atoms with Crippen LogP contribution in [0.25, 0.3) is 0 Å². The first-order valence-electron chi connectivity index (χ1n) is 3.86. The third kappa shape index (κ3) is 2.08. The van der Waals surface area contributed by atoms with Gasteiger partial charge < -0.3 is 9.84 Å². The van der Waals surface area contributed by atoms with Crippen LogP contribution in [-0.2, 0) is 0 Å². The molecular weight excluding hydrogens is 178 g/mol. The molecular formula is C9H10F2O2. The number of hydrogen-bond donors (Lipinski definition) is 1.